The molecule has 0 fully saturated rings. The SMILES string of the molecule is O=S(=O)(Nc1ccc(Cl)cc1Cl)c1cnc[nH]1. The third-order valence-electron chi connectivity index (χ3n) is 1.94. The second-order valence-electron chi connectivity index (χ2n) is 3.15. The van der Waals surface area contributed by atoms with Gasteiger partial charge in [-0.05, 0) is 18.2 Å². The molecule has 2 rings (SSSR count). The van der Waals surface area contributed by atoms with Gasteiger partial charge in [0, 0.05) is 5.02 Å². The molecule has 0 unspecified atom stereocenters. The molecule has 17 heavy (non-hydrogen) atoms. The van der Waals surface area contributed by atoms with Gasteiger partial charge >= 0.3 is 0 Å². The highest BCUT2D eigenvalue weighted by atomic mass is 35.5. The third kappa shape index (κ3) is 2.71. The van der Waals surface area contributed by atoms with Crippen molar-refractivity contribution in [3.63, 3.8) is 0 Å². The fourth-order valence-electron chi connectivity index (χ4n) is 1.16. The average molecular weight is 292 g/mol. The van der Waals surface area contributed by atoms with Crippen molar-refractivity contribution in [1.82, 2.24) is 9.97 Å². The lowest BCUT2D eigenvalue weighted by molar-refractivity contribution is 0.598. The Hall–Kier alpha value is -1.24. The summed E-state index contributed by atoms with van der Waals surface area (Å²) in [6.45, 7) is 0. The van der Waals surface area contributed by atoms with Crippen LogP contribution in [0.15, 0.2) is 35.7 Å². The van der Waals surface area contributed by atoms with Crippen LogP contribution in [0.5, 0.6) is 0 Å². The van der Waals surface area contributed by atoms with E-state index < -0.39 is 10.0 Å². The van der Waals surface area contributed by atoms with E-state index in [2.05, 4.69) is 14.7 Å². The van der Waals surface area contributed by atoms with Crippen LogP contribution >= 0.6 is 23.2 Å². The molecule has 1 aromatic carbocycles. The van der Waals surface area contributed by atoms with E-state index in [4.69, 9.17) is 23.2 Å². The Bertz CT molecular complexity index is 626. The molecule has 0 aliphatic carbocycles. The first-order valence-corrected chi connectivity index (χ1v) is 6.69. The number of H-pyrrole nitrogens is 1. The lowest BCUT2D eigenvalue weighted by Gasteiger charge is -2.07. The van der Waals surface area contributed by atoms with Crippen molar-refractivity contribution >= 4 is 38.9 Å². The highest BCUT2D eigenvalue weighted by Crippen LogP contribution is 2.27. The smallest absolute Gasteiger partial charge is 0.279 e. The molecule has 0 radical (unpaired) electrons. The summed E-state index contributed by atoms with van der Waals surface area (Å²) in [5, 5.41) is 0.614. The first-order valence-electron chi connectivity index (χ1n) is 4.45. The molecule has 0 saturated carbocycles. The summed E-state index contributed by atoms with van der Waals surface area (Å²) in [6.07, 6.45) is 2.48. The maximum atomic E-state index is 11.8. The number of halogens is 2. The monoisotopic (exact) mass is 291 g/mol. The number of anilines is 1. The van der Waals surface area contributed by atoms with Crippen LogP contribution in [0, 0.1) is 0 Å². The van der Waals surface area contributed by atoms with E-state index >= 15 is 0 Å². The van der Waals surface area contributed by atoms with Gasteiger partial charge in [-0.15, -0.1) is 0 Å². The number of rotatable bonds is 3. The molecule has 0 amide bonds. The Balaban J connectivity index is 2.33. The number of aromatic nitrogens is 2. The first-order chi connectivity index (χ1) is 7.99. The third-order valence-corrected chi connectivity index (χ3v) is 3.78. The van der Waals surface area contributed by atoms with E-state index in [1.54, 1.807) is 0 Å². The number of hydrogen-bond acceptors (Lipinski definition) is 3. The van der Waals surface area contributed by atoms with Gasteiger partial charge in [-0.1, -0.05) is 23.2 Å². The van der Waals surface area contributed by atoms with Gasteiger partial charge in [0.25, 0.3) is 10.0 Å². The second kappa shape index (κ2) is 4.56. The Morgan fingerprint density at radius 1 is 1.29 bits per heavy atom. The number of hydrogen-bond donors (Lipinski definition) is 2. The van der Waals surface area contributed by atoms with Gasteiger partial charge in [0.2, 0.25) is 0 Å². The molecular weight excluding hydrogens is 285 g/mol. The zero-order valence-electron chi connectivity index (χ0n) is 8.31. The summed E-state index contributed by atoms with van der Waals surface area (Å²) >= 11 is 11.6. The molecule has 0 aliphatic rings. The van der Waals surface area contributed by atoms with Crippen LogP contribution in [0.1, 0.15) is 0 Å². The average Bonchev–Trinajstić information content (AvgIpc) is 2.76. The predicted molar refractivity (Wildman–Crippen MR) is 65.9 cm³/mol. The van der Waals surface area contributed by atoms with Gasteiger partial charge in [-0.25, -0.2) is 4.98 Å². The second-order valence-corrected chi connectivity index (χ2v) is 5.64. The molecule has 5 nitrogen and oxygen atoms in total. The van der Waals surface area contributed by atoms with Gasteiger partial charge in [0.15, 0.2) is 5.03 Å². The van der Waals surface area contributed by atoms with Crippen LogP contribution in [0.25, 0.3) is 0 Å². The lowest BCUT2D eigenvalue weighted by Crippen LogP contribution is -2.13. The lowest BCUT2D eigenvalue weighted by atomic mass is 10.3. The molecule has 0 atom stereocenters. The summed E-state index contributed by atoms with van der Waals surface area (Å²) in [5.41, 5.74) is 0.255. The van der Waals surface area contributed by atoms with Gasteiger partial charge in [-0.2, -0.15) is 8.42 Å². The number of aromatic amines is 1. The quantitative estimate of drug-likeness (QED) is 0.912. The molecule has 2 N–H and O–H groups in total. The zero-order valence-corrected chi connectivity index (χ0v) is 10.6. The Kier molecular flexibility index (Phi) is 3.28. The summed E-state index contributed by atoms with van der Waals surface area (Å²) in [6, 6.07) is 4.48. The van der Waals surface area contributed by atoms with Crippen LogP contribution < -0.4 is 4.72 Å². The van der Waals surface area contributed by atoms with Crippen LogP contribution in [-0.2, 0) is 10.0 Å². The highest BCUT2D eigenvalue weighted by Gasteiger charge is 2.16. The minimum atomic E-state index is -3.70. The Morgan fingerprint density at radius 2 is 2.06 bits per heavy atom. The van der Waals surface area contributed by atoms with Gasteiger partial charge < -0.3 is 4.98 Å². The van der Waals surface area contributed by atoms with Crippen LogP contribution in [0.3, 0.4) is 0 Å². The fourth-order valence-corrected chi connectivity index (χ4v) is 2.66. The molecule has 1 aromatic heterocycles. The molecule has 2 aromatic rings. The number of nitrogens with zero attached hydrogens (tertiary/aromatic N) is 1. The fraction of sp³-hybridized carbons (Fsp3) is 0. The van der Waals surface area contributed by atoms with E-state index in [1.807, 2.05) is 0 Å². The first kappa shape index (κ1) is 12.2. The zero-order chi connectivity index (χ0) is 12.5. The highest BCUT2D eigenvalue weighted by molar-refractivity contribution is 7.92. The van der Waals surface area contributed by atoms with E-state index in [9.17, 15) is 8.42 Å². The molecule has 0 saturated heterocycles. The maximum Gasteiger partial charge on any atom is 0.279 e. The predicted octanol–water partition coefficient (Wildman–Crippen LogP) is 2.52. The molecule has 0 spiro atoms. The summed E-state index contributed by atoms with van der Waals surface area (Å²) in [7, 11) is -3.70. The maximum absolute atomic E-state index is 11.8. The summed E-state index contributed by atoms with van der Waals surface area (Å²) in [5.74, 6) is 0. The van der Waals surface area contributed by atoms with Crippen LogP contribution in [0.2, 0.25) is 10.0 Å². The number of imidazole rings is 1. The van der Waals surface area contributed by atoms with Crippen molar-refractivity contribution in [3.05, 3.63) is 40.8 Å². The molecular formula is C9H7Cl2N3O2S. The van der Waals surface area contributed by atoms with Crippen molar-refractivity contribution in [2.24, 2.45) is 0 Å². The molecule has 0 bridgehead atoms. The van der Waals surface area contributed by atoms with Crippen molar-refractivity contribution in [2.75, 3.05) is 4.72 Å². The summed E-state index contributed by atoms with van der Waals surface area (Å²) in [4.78, 5) is 6.14. The normalized spacial score (nSPS) is 11.4. The van der Waals surface area contributed by atoms with E-state index in [0.717, 1.165) is 0 Å². The molecule has 90 valence electrons. The number of benzene rings is 1. The van der Waals surface area contributed by atoms with Crippen LogP contribution in [0.4, 0.5) is 5.69 Å². The van der Waals surface area contributed by atoms with Crippen molar-refractivity contribution in [3.8, 4) is 0 Å². The minimum Gasteiger partial charge on any atom is -0.334 e. The number of sulfonamides is 1. The molecule has 0 aliphatic heterocycles. The van der Waals surface area contributed by atoms with Crippen molar-refractivity contribution in [1.29, 1.82) is 0 Å². The standard InChI is InChI=1S/C9H7Cl2N3O2S/c10-6-1-2-8(7(11)3-6)14-17(15,16)9-4-12-5-13-9/h1-5,14H,(H,12,13). The van der Waals surface area contributed by atoms with E-state index in [0.29, 0.717) is 5.02 Å². The number of nitrogens with one attached hydrogen (secondary N) is 2. The van der Waals surface area contributed by atoms with E-state index in [1.165, 1.54) is 30.7 Å². The molecule has 1 heterocycles. The van der Waals surface area contributed by atoms with Crippen LogP contribution in [-0.4, -0.2) is 18.4 Å². The molecule has 8 heteroatoms. The van der Waals surface area contributed by atoms with Gasteiger partial charge in [-0.3, -0.25) is 4.72 Å². The van der Waals surface area contributed by atoms with E-state index in [-0.39, 0.29) is 15.7 Å². The minimum absolute atomic E-state index is 0.0384. The van der Waals surface area contributed by atoms with Gasteiger partial charge in [0.1, 0.15) is 0 Å². The Labute approximate surface area is 108 Å². The van der Waals surface area contributed by atoms with Gasteiger partial charge in [0.05, 0.1) is 23.2 Å². The van der Waals surface area contributed by atoms with Crippen molar-refractivity contribution in [2.45, 2.75) is 5.03 Å². The Morgan fingerprint density at radius 3 is 2.65 bits per heavy atom. The summed E-state index contributed by atoms with van der Waals surface area (Å²) < 4.78 is 26.0. The van der Waals surface area contributed by atoms with Crippen molar-refractivity contribution < 1.29 is 8.42 Å². The largest absolute Gasteiger partial charge is 0.334 e. The topological polar surface area (TPSA) is 74.8 Å².